The number of thioether (sulfide) groups is 1. The fourth-order valence-electron chi connectivity index (χ4n) is 3.81. The Morgan fingerprint density at radius 2 is 1.68 bits per heavy atom. The Balaban J connectivity index is 1.69. The molecule has 34 heavy (non-hydrogen) atoms. The van der Waals surface area contributed by atoms with E-state index < -0.39 is 5.97 Å². The molecule has 9 heteroatoms. The zero-order valence-electron chi connectivity index (χ0n) is 18.9. The van der Waals surface area contributed by atoms with Crippen molar-refractivity contribution < 1.29 is 23.9 Å². The molecule has 0 N–H and O–H groups in total. The van der Waals surface area contributed by atoms with Crippen molar-refractivity contribution in [1.82, 2.24) is 4.57 Å². The van der Waals surface area contributed by atoms with Crippen LogP contribution in [-0.2, 0) is 9.53 Å². The zero-order valence-corrected chi connectivity index (χ0v) is 20.5. The van der Waals surface area contributed by atoms with E-state index >= 15 is 0 Å². The number of carbonyl (C=O) groups excluding carboxylic acids is 3. The molecule has 1 aliphatic heterocycles. The summed E-state index contributed by atoms with van der Waals surface area (Å²) in [4.78, 5) is 39.2. The van der Waals surface area contributed by atoms with E-state index in [9.17, 15) is 14.4 Å². The fraction of sp³-hybridized carbons (Fsp3) is 0.160. The van der Waals surface area contributed by atoms with Gasteiger partial charge in [-0.15, -0.1) is 0 Å². The Morgan fingerprint density at radius 1 is 1.00 bits per heavy atom. The lowest BCUT2D eigenvalue weighted by molar-refractivity contribution is -0.113. The van der Waals surface area contributed by atoms with Crippen LogP contribution in [0.4, 0.5) is 10.5 Å². The molecule has 7 nitrogen and oxygen atoms in total. The fourth-order valence-corrected chi connectivity index (χ4v) is 4.84. The van der Waals surface area contributed by atoms with Crippen molar-refractivity contribution >= 4 is 52.2 Å². The second kappa shape index (κ2) is 9.40. The highest BCUT2D eigenvalue weighted by molar-refractivity contribution is 8.19. The third kappa shape index (κ3) is 4.22. The summed E-state index contributed by atoms with van der Waals surface area (Å²) in [5.74, 6) is -0.276. The van der Waals surface area contributed by atoms with Crippen molar-refractivity contribution in [2.45, 2.75) is 13.8 Å². The molecule has 0 aliphatic carbocycles. The second-order valence-electron chi connectivity index (χ2n) is 7.53. The normalized spacial score (nSPS) is 14.7. The van der Waals surface area contributed by atoms with Crippen molar-refractivity contribution in [3.05, 3.63) is 81.0 Å². The van der Waals surface area contributed by atoms with E-state index in [1.165, 1.54) is 7.11 Å². The Bertz CT molecular complexity index is 1340. The molecule has 1 fully saturated rings. The molecule has 2 aromatic carbocycles. The summed E-state index contributed by atoms with van der Waals surface area (Å²) < 4.78 is 11.9. The maximum absolute atomic E-state index is 13.1. The van der Waals surface area contributed by atoms with E-state index in [-0.39, 0.29) is 16.7 Å². The number of methoxy groups -OCH3 is 2. The monoisotopic (exact) mass is 496 g/mol. The largest absolute Gasteiger partial charge is 0.497 e. The molecular weight excluding hydrogens is 476 g/mol. The molecule has 1 aliphatic rings. The molecule has 3 aromatic rings. The SMILES string of the molecule is COC(=O)c1cc(-n2c(C)cc(/C=C3/SC(=O)N(c4ccc(OC)cc4)C3=O)c2C)ccc1Cl. The lowest BCUT2D eigenvalue weighted by atomic mass is 10.2. The number of hydrogen-bond acceptors (Lipinski definition) is 6. The van der Waals surface area contributed by atoms with E-state index in [0.717, 1.165) is 39.3 Å². The van der Waals surface area contributed by atoms with Crippen molar-refractivity contribution in [2.24, 2.45) is 0 Å². The van der Waals surface area contributed by atoms with Gasteiger partial charge in [0.05, 0.1) is 35.4 Å². The summed E-state index contributed by atoms with van der Waals surface area (Å²) in [6.45, 7) is 3.82. The van der Waals surface area contributed by atoms with Crippen LogP contribution in [0.5, 0.6) is 5.75 Å². The van der Waals surface area contributed by atoms with Crippen molar-refractivity contribution in [3.63, 3.8) is 0 Å². The number of ether oxygens (including phenoxy) is 2. The van der Waals surface area contributed by atoms with Crippen LogP contribution < -0.4 is 9.64 Å². The summed E-state index contributed by atoms with van der Waals surface area (Å²) in [7, 11) is 2.85. The molecule has 0 unspecified atom stereocenters. The number of rotatable bonds is 5. The predicted molar refractivity (Wildman–Crippen MR) is 133 cm³/mol. The minimum atomic E-state index is -0.526. The summed E-state index contributed by atoms with van der Waals surface area (Å²) in [5, 5.41) is -0.0684. The first-order valence-electron chi connectivity index (χ1n) is 10.2. The van der Waals surface area contributed by atoms with Gasteiger partial charge in [0.25, 0.3) is 11.1 Å². The van der Waals surface area contributed by atoms with E-state index in [1.54, 1.807) is 55.7 Å². The summed E-state index contributed by atoms with van der Waals surface area (Å²) >= 11 is 7.05. The third-order valence-corrected chi connectivity index (χ3v) is 6.69. The van der Waals surface area contributed by atoms with Gasteiger partial charge in [0, 0.05) is 17.1 Å². The lowest BCUT2D eigenvalue weighted by Crippen LogP contribution is -2.27. The standard InChI is InChI=1S/C25H21ClN2O5S/c1-14-11-16(15(2)27(14)18-7-10-21(26)20(13-18)24(30)33-4)12-22-23(29)28(25(31)34-22)17-5-8-19(32-3)9-6-17/h5-13H,1-4H3/b22-12+. The molecule has 0 atom stereocenters. The Labute approximate surface area is 205 Å². The maximum Gasteiger partial charge on any atom is 0.339 e. The van der Waals surface area contributed by atoms with E-state index in [4.69, 9.17) is 21.1 Å². The number of nitrogens with zero attached hydrogens (tertiary/aromatic N) is 2. The van der Waals surface area contributed by atoms with Crippen LogP contribution >= 0.6 is 23.4 Å². The van der Waals surface area contributed by atoms with Crippen LogP contribution in [0.1, 0.15) is 27.3 Å². The van der Waals surface area contributed by atoms with Crippen LogP contribution in [0.15, 0.2) is 53.4 Å². The van der Waals surface area contributed by atoms with Gasteiger partial charge in [-0.1, -0.05) is 11.6 Å². The Hall–Kier alpha value is -3.49. The van der Waals surface area contributed by atoms with E-state index in [2.05, 4.69) is 0 Å². The van der Waals surface area contributed by atoms with Gasteiger partial charge in [0.15, 0.2) is 0 Å². The quantitative estimate of drug-likeness (QED) is 0.329. The average Bonchev–Trinajstić information content (AvgIpc) is 3.27. The Kier molecular flexibility index (Phi) is 6.54. The smallest absolute Gasteiger partial charge is 0.339 e. The van der Waals surface area contributed by atoms with Crippen LogP contribution in [0.2, 0.25) is 5.02 Å². The van der Waals surface area contributed by atoms with Gasteiger partial charge in [-0.3, -0.25) is 9.59 Å². The number of amides is 2. The van der Waals surface area contributed by atoms with Crippen LogP contribution in [0.25, 0.3) is 11.8 Å². The second-order valence-corrected chi connectivity index (χ2v) is 8.93. The number of anilines is 1. The third-order valence-electron chi connectivity index (χ3n) is 5.49. The van der Waals surface area contributed by atoms with Crippen molar-refractivity contribution in [2.75, 3.05) is 19.1 Å². The van der Waals surface area contributed by atoms with Gasteiger partial charge in [0.1, 0.15) is 5.75 Å². The van der Waals surface area contributed by atoms with Crippen LogP contribution in [0.3, 0.4) is 0 Å². The number of halogens is 1. The topological polar surface area (TPSA) is 77.8 Å². The van der Waals surface area contributed by atoms with Crippen molar-refractivity contribution in [3.8, 4) is 11.4 Å². The summed E-state index contributed by atoms with van der Waals surface area (Å²) in [6, 6.07) is 13.8. The highest BCUT2D eigenvalue weighted by Crippen LogP contribution is 2.37. The van der Waals surface area contributed by atoms with E-state index in [1.807, 2.05) is 24.5 Å². The molecule has 174 valence electrons. The molecule has 0 radical (unpaired) electrons. The van der Waals surface area contributed by atoms with Gasteiger partial charge < -0.3 is 14.0 Å². The zero-order chi connectivity index (χ0) is 24.6. The van der Waals surface area contributed by atoms with Gasteiger partial charge in [0.2, 0.25) is 0 Å². The first-order valence-corrected chi connectivity index (χ1v) is 11.4. The molecule has 0 bridgehead atoms. The predicted octanol–water partition coefficient (Wildman–Crippen LogP) is 5.78. The number of carbonyl (C=O) groups is 3. The average molecular weight is 497 g/mol. The number of benzene rings is 2. The molecule has 2 amide bonds. The highest BCUT2D eigenvalue weighted by Gasteiger charge is 2.36. The van der Waals surface area contributed by atoms with Crippen molar-refractivity contribution in [1.29, 1.82) is 0 Å². The van der Waals surface area contributed by atoms with Gasteiger partial charge in [-0.05, 0) is 85.8 Å². The van der Waals surface area contributed by atoms with Gasteiger partial charge in [-0.25, -0.2) is 9.69 Å². The Morgan fingerprint density at radius 3 is 2.32 bits per heavy atom. The number of esters is 1. The summed E-state index contributed by atoms with van der Waals surface area (Å²) in [5.41, 5.74) is 3.98. The molecule has 1 saturated heterocycles. The number of aryl methyl sites for hydroxylation is 1. The molecule has 1 aromatic heterocycles. The number of imide groups is 1. The maximum atomic E-state index is 13.1. The molecule has 0 saturated carbocycles. The van der Waals surface area contributed by atoms with Gasteiger partial charge in [-0.2, -0.15) is 0 Å². The highest BCUT2D eigenvalue weighted by atomic mass is 35.5. The minimum Gasteiger partial charge on any atom is -0.497 e. The van der Waals surface area contributed by atoms with Gasteiger partial charge >= 0.3 is 5.97 Å². The van der Waals surface area contributed by atoms with E-state index in [0.29, 0.717) is 21.4 Å². The first kappa shape index (κ1) is 23.7. The summed E-state index contributed by atoms with van der Waals surface area (Å²) in [6.07, 6.45) is 1.71. The molecule has 2 heterocycles. The number of aromatic nitrogens is 1. The molecular formula is C25H21ClN2O5S. The minimum absolute atomic E-state index is 0.260. The molecule has 4 rings (SSSR count). The van der Waals surface area contributed by atoms with Crippen LogP contribution in [-0.4, -0.2) is 35.9 Å². The number of hydrogen-bond donors (Lipinski definition) is 0. The molecule has 0 spiro atoms. The van der Waals surface area contributed by atoms with Crippen LogP contribution in [0, 0.1) is 13.8 Å². The first-order chi connectivity index (χ1) is 16.2. The lowest BCUT2D eigenvalue weighted by Gasteiger charge is -2.13.